The van der Waals surface area contributed by atoms with E-state index in [-0.39, 0.29) is 21.7 Å². The lowest BCUT2D eigenvalue weighted by atomic mass is 10.2. The van der Waals surface area contributed by atoms with Crippen molar-refractivity contribution < 1.29 is 14.5 Å². The first-order valence-corrected chi connectivity index (χ1v) is 10.1. The first-order valence-electron chi connectivity index (χ1n) is 8.93. The summed E-state index contributed by atoms with van der Waals surface area (Å²) < 4.78 is 5.08. The molecule has 1 aliphatic rings. The highest BCUT2D eigenvalue weighted by molar-refractivity contribution is 7.80. The van der Waals surface area contributed by atoms with Crippen LogP contribution < -0.4 is 15.0 Å². The molecule has 0 atom stereocenters. The van der Waals surface area contributed by atoms with Gasteiger partial charge in [0.15, 0.2) is 5.11 Å². The molecule has 2 aromatic carbocycles. The number of amides is 1. The zero-order chi connectivity index (χ0) is 21.8. The Morgan fingerprint density at radius 1 is 1.13 bits per heavy atom. The lowest BCUT2D eigenvalue weighted by Crippen LogP contribution is -2.52. The number of thiocarbonyl (C=S) groups is 1. The van der Waals surface area contributed by atoms with Gasteiger partial charge in [0.05, 0.1) is 28.1 Å². The second-order valence-corrected chi connectivity index (χ2v) is 7.68. The largest absolute Gasteiger partial charge is 0.496 e. The van der Waals surface area contributed by atoms with Gasteiger partial charge in [0.2, 0.25) is 0 Å². The zero-order valence-corrected chi connectivity index (χ0v) is 18.3. The third-order valence-corrected chi connectivity index (χ3v) is 5.79. The van der Waals surface area contributed by atoms with Crippen LogP contribution in [0.1, 0.15) is 10.4 Å². The number of benzene rings is 2. The third kappa shape index (κ3) is 4.92. The first kappa shape index (κ1) is 22.1. The van der Waals surface area contributed by atoms with E-state index in [0.29, 0.717) is 48.2 Å². The molecule has 1 N–H and O–H groups in total. The molecule has 2 aromatic rings. The maximum absolute atomic E-state index is 12.4. The van der Waals surface area contributed by atoms with Crippen molar-refractivity contribution >= 4 is 57.8 Å². The molecule has 158 valence electrons. The van der Waals surface area contributed by atoms with E-state index in [2.05, 4.69) is 5.32 Å². The van der Waals surface area contributed by atoms with Crippen molar-refractivity contribution in [3.05, 3.63) is 62.1 Å². The van der Waals surface area contributed by atoms with Gasteiger partial charge in [-0.05, 0) is 42.5 Å². The van der Waals surface area contributed by atoms with Gasteiger partial charge >= 0.3 is 0 Å². The molecule has 0 aromatic heterocycles. The third-order valence-electron chi connectivity index (χ3n) is 4.69. The van der Waals surface area contributed by atoms with Crippen LogP contribution in [-0.2, 0) is 0 Å². The van der Waals surface area contributed by atoms with Gasteiger partial charge in [0.25, 0.3) is 11.6 Å². The molecule has 1 saturated heterocycles. The predicted octanol–water partition coefficient (Wildman–Crippen LogP) is 3.75. The fourth-order valence-corrected chi connectivity index (χ4v) is 3.65. The Hall–Kier alpha value is -2.62. The second kappa shape index (κ2) is 9.46. The van der Waals surface area contributed by atoms with E-state index in [1.54, 1.807) is 24.3 Å². The molecule has 0 bridgehead atoms. The Kier molecular flexibility index (Phi) is 6.96. The van der Waals surface area contributed by atoms with E-state index in [0.717, 1.165) is 0 Å². The number of halogens is 2. The molecule has 30 heavy (non-hydrogen) atoms. The van der Waals surface area contributed by atoms with Crippen LogP contribution in [0.15, 0.2) is 36.4 Å². The van der Waals surface area contributed by atoms with E-state index in [1.807, 2.05) is 9.80 Å². The monoisotopic (exact) mass is 468 g/mol. The van der Waals surface area contributed by atoms with Gasteiger partial charge in [-0.2, -0.15) is 0 Å². The van der Waals surface area contributed by atoms with Crippen LogP contribution >= 0.6 is 35.4 Å². The van der Waals surface area contributed by atoms with Gasteiger partial charge in [-0.1, -0.05) is 23.2 Å². The van der Waals surface area contributed by atoms with Crippen LogP contribution in [0.4, 0.5) is 11.4 Å². The number of rotatable bonds is 4. The molecule has 8 nitrogen and oxygen atoms in total. The second-order valence-electron chi connectivity index (χ2n) is 6.47. The number of ether oxygens (including phenoxy) is 1. The number of anilines is 1. The molecule has 1 heterocycles. The fourth-order valence-electron chi connectivity index (χ4n) is 3.08. The number of hydrogen-bond donors (Lipinski definition) is 1. The van der Waals surface area contributed by atoms with E-state index in [4.69, 9.17) is 40.2 Å². The van der Waals surface area contributed by atoms with Crippen LogP contribution in [0.3, 0.4) is 0 Å². The summed E-state index contributed by atoms with van der Waals surface area (Å²) in [6.07, 6.45) is 0. The number of nitro benzene ring substituents is 1. The minimum Gasteiger partial charge on any atom is -0.496 e. The summed E-state index contributed by atoms with van der Waals surface area (Å²) in [5.41, 5.74) is 0.851. The number of nitro groups is 1. The summed E-state index contributed by atoms with van der Waals surface area (Å²) in [5, 5.41) is 15.0. The van der Waals surface area contributed by atoms with Crippen LogP contribution in [0.25, 0.3) is 0 Å². The summed E-state index contributed by atoms with van der Waals surface area (Å²) in [4.78, 5) is 27.2. The lowest BCUT2D eigenvalue weighted by molar-refractivity contribution is -0.384. The van der Waals surface area contributed by atoms with Gasteiger partial charge < -0.3 is 14.5 Å². The first-order chi connectivity index (χ1) is 14.3. The summed E-state index contributed by atoms with van der Waals surface area (Å²) in [5.74, 6) is 0.0436. The van der Waals surface area contributed by atoms with Gasteiger partial charge in [0, 0.05) is 31.7 Å². The molecule has 0 unspecified atom stereocenters. The average molecular weight is 469 g/mol. The highest BCUT2D eigenvalue weighted by Crippen LogP contribution is 2.32. The van der Waals surface area contributed by atoms with E-state index >= 15 is 0 Å². The van der Waals surface area contributed by atoms with E-state index < -0.39 is 4.92 Å². The molecule has 0 aliphatic carbocycles. The highest BCUT2D eigenvalue weighted by atomic mass is 35.5. The molecule has 1 aliphatic heterocycles. The summed E-state index contributed by atoms with van der Waals surface area (Å²) >= 11 is 17.2. The summed E-state index contributed by atoms with van der Waals surface area (Å²) in [6, 6.07) is 9.36. The number of nitrogens with zero attached hydrogens (tertiary/aromatic N) is 3. The lowest BCUT2D eigenvalue weighted by Gasteiger charge is -2.37. The summed E-state index contributed by atoms with van der Waals surface area (Å²) in [6.45, 7) is 2.03. The van der Waals surface area contributed by atoms with Crippen molar-refractivity contribution in [1.29, 1.82) is 0 Å². The predicted molar refractivity (Wildman–Crippen MR) is 120 cm³/mol. The van der Waals surface area contributed by atoms with Crippen molar-refractivity contribution in [2.45, 2.75) is 0 Å². The van der Waals surface area contributed by atoms with Crippen molar-refractivity contribution in [3.63, 3.8) is 0 Å². The van der Waals surface area contributed by atoms with Crippen LogP contribution in [0.5, 0.6) is 5.75 Å². The van der Waals surface area contributed by atoms with Crippen molar-refractivity contribution in [2.24, 2.45) is 0 Å². The number of hydrogen-bond acceptors (Lipinski definition) is 6. The normalized spacial score (nSPS) is 13.7. The molecule has 1 fully saturated rings. The molecule has 0 saturated carbocycles. The molecule has 0 spiro atoms. The molecular formula is C19H18Cl2N4O4S. The molecule has 11 heteroatoms. The van der Waals surface area contributed by atoms with Gasteiger partial charge in [0.1, 0.15) is 11.4 Å². The number of piperazine rings is 1. The number of carbonyl (C=O) groups excluding carboxylic acids is 1. The standard InChI is InChI=1S/C19H18Cl2N4O4S/c1-29-13-3-5-16(17(11-13)25(27)28)23-6-8-24(9-7-23)19(30)22-18(26)12-2-4-14(20)15(21)10-12/h2-5,10-11H,6-9H2,1H3,(H,22,26,30). The topological polar surface area (TPSA) is 88.0 Å². The highest BCUT2D eigenvalue weighted by Gasteiger charge is 2.26. The molecular weight excluding hydrogens is 451 g/mol. The molecule has 3 rings (SSSR count). The maximum Gasteiger partial charge on any atom is 0.296 e. The fraction of sp³-hybridized carbons (Fsp3) is 0.263. The Morgan fingerprint density at radius 2 is 1.83 bits per heavy atom. The summed E-state index contributed by atoms with van der Waals surface area (Å²) in [7, 11) is 1.46. The Bertz CT molecular complexity index is 996. The Morgan fingerprint density at radius 3 is 2.43 bits per heavy atom. The maximum atomic E-state index is 12.4. The Labute approximate surface area is 188 Å². The van der Waals surface area contributed by atoms with Gasteiger partial charge in [-0.15, -0.1) is 0 Å². The van der Waals surface area contributed by atoms with Crippen molar-refractivity contribution in [2.75, 3.05) is 38.2 Å². The molecule has 1 amide bonds. The van der Waals surface area contributed by atoms with Crippen LogP contribution in [0, 0.1) is 10.1 Å². The number of methoxy groups -OCH3 is 1. The van der Waals surface area contributed by atoms with Crippen LogP contribution in [-0.4, -0.2) is 54.1 Å². The van der Waals surface area contributed by atoms with Gasteiger partial charge in [-0.3, -0.25) is 20.2 Å². The Balaban J connectivity index is 1.62. The minimum atomic E-state index is -0.424. The van der Waals surface area contributed by atoms with E-state index in [9.17, 15) is 14.9 Å². The van der Waals surface area contributed by atoms with Gasteiger partial charge in [-0.25, -0.2) is 0 Å². The average Bonchev–Trinajstić information content (AvgIpc) is 2.75. The SMILES string of the molecule is COc1ccc(N2CCN(C(=S)NC(=O)c3ccc(Cl)c(Cl)c3)CC2)c([N+](=O)[O-])c1. The quantitative estimate of drug-likeness (QED) is 0.415. The minimum absolute atomic E-state index is 0.0155. The molecule has 0 radical (unpaired) electrons. The number of nitrogens with one attached hydrogen (secondary N) is 1. The zero-order valence-electron chi connectivity index (χ0n) is 15.9. The van der Waals surface area contributed by atoms with E-state index in [1.165, 1.54) is 19.2 Å². The van der Waals surface area contributed by atoms with Crippen molar-refractivity contribution in [1.82, 2.24) is 10.2 Å². The van der Waals surface area contributed by atoms with Crippen LogP contribution in [0.2, 0.25) is 10.0 Å². The smallest absolute Gasteiger partial charge is 0.296 e. The number of carbonyl (C=O) groups is 1. The van der Waals surface area contributed by atoms with Crippen molar-refractivity contribution in [3.8, 4) is 5.75 Å².